The molecule has 0 aromatic carbocycles. The van der Waals surface area contributed by atoms with Crippen LogP contribution in [0.1, 0.15) is 44.7 Å². The lowest BCUT2D eigenvalue weighted by Crippen LogP contribution is -2.16. The van der Waals surface area contributed by atoms with E-state index in [1.165, 1.54) is 32.1 Å². The highest BCUT2D eigenvalue weighted by Gasteiger charge is 2.17. The molecule has 1 aromatic heterocycles. The lowest BCUT2D eigenvalue weighted by atomic mass is 9.81. The Bertz CT molecular complexity index is 397. The maximum atomic E-state index is 4.41. The molecule has 106 valence electrons. The van der Waals surface area contributed by atoms with Crippen LogP contribution in [0.25, 0.3) is 0 Å². The number of aryl methyl sites for hydroxylation is 1. The second-order valence-corrected chi connectivity index (χ2v) is 5.81. The average Bonchev–Trinajstić information content (AvgIpc) is 2.40. The molecule has 1 aliphatic rings. The van der Waals surface area contributed by atoms with Crippen molar-refractivity contribution in [2.75, 3.05) is 24.2 Å². The van der Waals surface area contributed by atoms with Crippen LogP contribution in [0.5, 0.6) is 0 Å². The predicted octanol–water partition coefficient (Wildman–Crippen LogP) is 3.46. The Hall–Kier alpha value is -1.32. The predicted molar refractivity (Wildman–Crippen MR) is 80.5 cm³/mol. The molecule has 0 bridgehead atoms. The molecule has 1 aliphatic carbocycles. The fourth-order valence-corrected chi connectivity index (χ4v) is 2.79. The Balaban J connectivity index is 1.77. The number of rotatable bonds is 5. The highest BCUT2D eigenvalue weighted by Crippen LogP contribution is 2.30. The van der Waals surface area contributed by atoms with Crippen LogP contribution in [0.3, 0.4) is 0 Å². The molecule has 0 unspecified atom stereocenters. The Morgan fingerprint density at radius 1 is 1.21 bits per heavy atom. The van der Waals surface area contributed by atoms with Gasteiger partial charge in [-0.2, -0.15) is 4.98 Å². The number of hydrogen-bond donors (Lipinski definition) is 2. The standard InChI is InChI=1S/C15H26N4/c1-11-4-6-13(7-5-11)8-9-17-14-10-12(2)18-15(16-3)19-14/h10-11,13H,4-9H2,1-3H3,(H2,16,17,18,19). The summed E-state index contributed by atoms with van der Waals surface area (Å²) in [5, 5.41) is 6.42. The maximum Gasteiger partial charge on any atom is 0.224 e. The van der Waals surface area contributed by atoms with Crippen molar-refractivity contribution >= 4 is 11.8 Å². The minimum Gasteiger partial charge on any atom is -0.370 e. The van der Waals surface area contributed by atoms with Gasteiger partial charge < -0.3 is 10.6 Å². The van der Waals surface area contributed by atoms with Crippen LogP contribution in [-0.2, 0) is 0 Å². The van der Waals surface area contributed by atoms with Crippen LogP contribution in [0.4, 0.5) is 11.8 Å². The highest BCUT2D eigenvalue weighted by molar-refractivity contribution is 5.41. The van der Waals surface area contributed by atoms with E-state index in [-0.39, 0.29) is 0 Å². The first-order valence-electron chi connectivity index (χ1n) is 7.44. The van der Waals surface area contributed by atoms with Gasteiger partial charge in [0.1, 0.15) is 5.82 Å². The van der Waals surface area contributed by atoms with Crippen LogP contribution in [0.15, 0.2) is 6.07 Å². The van der Waals surface area contributed by atoms with Gasteiger partial charge in [0.25, 0.3) is 0 Å². The van der Waals surface area contributed by atoms with E-state index in [9.17, 15) is 0 Å². The summed E-state index contributed by atoms with van der Waals surface area (Å²) < 4.78 is 0. The molecule has 0 saturated heterocycles. The minimum absolute atomic E-state index is 0.689. The lowest BCUT2D eigenvalue weighted by Gasteiger charge is -2.26. The lowest BCUT2D eigenvalue weighted by molar-refractivity contribution is 0.282. The topological polar surface area (TPSA) is 49.8 Å². The molecule has 19 heavy (non-hydrogen) atoms. The van der Waals surface area contributed by atoms with Crippen molar-refractivity contribution in [1.29, 1.82) is 0 Å². The summed E-state index contributed by atoms with van der Waals surface area (Å²) in [6, 6.07) is 2.00. The summed E-state index contributed by atoms with van der Waals surface area (Å²) in [6.07, 6.45) is 6.86. The molecular weight excluding hydrogens is 236 g/mol. The molecule has 1 aromatic rings. The van der Waals surface area contributed by atoms with Gasteiger partial charge in [0.05, 0.1) is 0 Å². The van der Waals surface area contributed by atoms with Crippen LogP contribution in [0, 0.1) is 18.8 Å². The highest BCUT2D eigenvalue weighted by atomic mass is 15.1. The second kappa shape index (κ2) is 6.73. The Morgan fingerprint density at radius 3 is 2.63 bits per heavy atom. The van der Waals surface area contributed by atoms with Gasteiger partial charge in [-0.05, 0) is 25.2 Å². The molecule has 4 heteroatoms. The quantitative estimate of drug-likeness (QED) is 0.853. The fourth-order valence-electron chi connectivity index (χ4n) is 2.79. The van der Waals surface area contributed by atoms with Crippen LogP contribution >= 0.6 is 0 Å². The molecular formula is C15H26N4. The molecule has 2 N–H and O–H groups in total. The SMILES string of the molecule is CNc1nc(C)cc(NCCC2CCC(C)CC2)n1. The smallest absolute Gasteiger partial charge is 0.224 e. The number of hydrogen-bond acceptors (Lipinski definition) is 4. The van der Waals surface area contributed by atoms with Gasteiger partial charge in [-0.1, -0.05) is 32.6 Å². The van der Waals surface area contributed by atoms with Crippen molar-refractivity contribution in [2.45, 2.75) is 46.0 Å². The Labute approximate surface area is 116 Å². The molecule has 1 heterocycles. The van der Waals surface area contributed by atoms with Crippen molar-refractivity contribution in [2.24, 2.45) is 11.8 Å². The number of nitrogens with one attached hydrogen (secondary N) is 2. The molecule has 2 rings (SSSR count). The summed E-state index contributed by atoms with van der Waals surface area (Å²) in [7, 11) is 1.85. The number of nitrogens with zero attached hydrogens (tertiary/aromatic N) is 2. The zero-order valence-corrected chi connectivity index (χ0v) is 12.4. The summed E-state index contributed by atoms with van der Waals surface area (Å²) in [4.78, 5) is 8.71. The molecule has 0 aliphatic heterocycles. The average molecular weight is 262 g/mol. The summed E-state index contributed by atoms with van der Waals surface area (Å²) in [5.74, 6) is 3.46. The molecule has 4 nitrogen and oxygen atoms in total. The van der Waals surface area contributed by atoms with E-state index in [2.05, 4.69) is 27.5 Å². The van der Waals surface area contributed by atoms with Crippen molar-refractivity contribution in [3.63, 3.8) is 0 Å². The molecule has 1 saturated carbocycles. The molecule has 0 radical (unpaired) electrons. The summed E-state index contributed by atoms with van der Waals surface area (Å²) in [5.41, 5.74) is 0.994. The Kier molecular flexibility index (Phi) is 5.00. The fraction of sp³-hybridized carbons (Fsp3) is 0.733. The van der Waals surface area contributed by atoms with Crippen molar-refractivity contribution < 1.29 is 0 Å². The van der Waals surface area contributed by atoms with Crippen molar-refractivity contribution in [3.05, 3.63) is 11.8 Å². The van der Waals surface area contributed by atoms with E-state index in [1.54, 1.807) is 0 Å². The normalized spacial score (nSPS) is 23.1. The first-order valence-corrected chi connectivity index (χ1v) is 7.44. The molecule has 0 atom stereocenters. The largest absolute Gasteiger partial charge is 0.370 e. The van der Waals surface area contributed by atoms with Gasteiger partial charge in [-0.15, -0.1) is 0 Å². The van der Waals surface area contributed by atoms with Crippen LogP contribution in [0.2, 0.25) is 0 Å². The first kappa shape index (κ1) is 14.1. The zero-order chi connectivity index (χ0) is 13.7. The van der Waals surface area contributed by atoms with Gasteiger partial charge in [0.15, 0.2) is 0 Å². The van der Waals surface area contributed by atoms with E-state index in [1.807, 2.05) is 20.0 Å². The second-order valence-electron chi connectivity index (χ2n) is 5.81. The summed E-state index contributed by atoms with van der Waals surface area (Å²) >= 11 is 0. The summed E-state index contributed by atoms with van der Waals surface area (Å²) in [6.45, 7) is 5.38. The van der Waals surface area contributed by atoms with Gasteiger partial charge in [-0.3, -0.25) is 0 Å². The van der Waals surface area contributed by atoms with Crippen LogP contribution in [-0.4, -0.2) is 23.6 Å². The minimum atomic E-state index is 0.689. The van der Waals surface area contributed by atoms with E-state index in [0.717, 1.165) is 29.9 Å². The third kappa shape index (κ3) is 4.37. The van der Waals surface area contributed by atoms with E-state index in [4.69, 9.17) is 0 Å². The van der Waals surface area contributed by atoms with Crippen molar-refractivity contribution in [3.8, 4) is 0 Å². The van der Waals surface area contributed by atoms with Gasteiger partial charge in [0, 0.05) is 25.4 Å². The Morgan fingerprint density at radius 2 is 1.95 bits per heavy atom. The van der Waals surface area contributed by atoms with Crippen molar-refractivity contribution in [1.82, 2.24) is 9.97 Å². The third-order valence-electron chi connectivity index (χ3n) is 4.07. The maximum absolute atomic E-state index is 4.41. The van der Waals surface area contributed by atoms with E-state index >= 15 is 0 Å². The third-order valence-corrected chi connectivity index (χ3v) is 4.07. The zero-order valence-electron chi connectivity index (χ0n) is 12.4. The van der Waals surface area contributed by atoms with E-state index in [0.29, 0.717) is 5.95 Å². The van der Waals surface area contributed by atoms with Gasteiger partial charge in [-0.25, -0.2) is 4.98 Å². The van der Waals surface area contributed by atoms with Gasteiger partial charge >= 0.3 is 0 Å². The molecule has 0 spiro atoms. The monoisotopic (exact) mass is 262 g/mol. The molecule has 0 amide bonds. The first-order chi connectivity index (χ1) is 9.17. The van der Waals surface area contributed by atoms with Gasteiger partial charge in [0.2, 0.25) is 5.95 Å². The number of anilines is 2. The van der Waals surface area contributed by atoms with Crippen LogP contribution < -0.4 is 10.6 Å². The number of aromatic nitrogens is 2. The molecule has 1 fully saturated rings. The van der Waals surface area contributed by atoms with E-state index < -0.39 is 0 Å².